The molecule has 0 fully saturated rings. The third kappa shape index (κ3) is 3.16. The van der Waals surface area contributed by atoms with Gasteiger partial charge in [0.25, 0.3) is 0 Å². The second-order valence-electron chi connectivity index (χ2n) is 5.93. The lowest BCUT2D eigenvalue weighted by molar-refractivity contribution is 0.0898. The van der Waals surface area contributed by atoms with Gasteiger partial charge in [-0.2, -0.15) is 0 Å². The number of ketones is 1. The minimum Gasteiger partial charge on any atom is -0.319 e. The first-order valence-electron chi connectivity index (χ1n) is 6.12. The number of hydrogen-bond acceptors (Lipinski definition) is 2. The molecule has 1 rings (SSSR count). The number of benzene rings is 1. The van der Waals surface area contributed by atoms with Crippen molar-refractivity contribution in [3.63, 3.8) is 0 Å². The highest BCUT2D eigenvalue weighted by Gasteiger charge is 2.27. The second kappa shape index (κ2) is 4.61. The van der Waals surface area contributed by atoms with Crippen molar-refractivity contribution in [1.29, 1.82) is 0 Å². The van der Waals surface area contributed by atoms with Gasteiger partial charge in [-0.05, 0) is 24.3 Å². The molecule has 1 unspecified atom stereocenters. The largest absolute Gasteiger partial charge is 0.319 e. The maximum atomic E-state index is 12.1. The van der Waals surface area contributed by atoms with E-state index in [4.69, 9.17) is 5.73 Å². The Bertz CT molecular complexity index is 396. The number of hydrogen-bond donors (Lipinski definition) is 1. The highest BCUT2D eigenvalue weighted by molar-refractivity contribution is 6.02. The molecule has 0 spiro atoms. The van der Waals surface area contributed by atoms with Crippen LogP contribution in [0.15, 0.2) is 24.3 Å². The maximum absolute atomic E-state index is 12.1. The molecule has 0 aliphatic heterocycles. The van der Waals surface area contributed by atoms with Crippen LogP contribution in [0.5, 0.6) is 0 Å². The van der Waals surface area contributed by atoms with Crippen molar-refractivity contribution in [1.82, 2.24) is 0 Å². The highest BCUT2D eigenvalue weighted by atomic mass is 16.1. The van der Waals surface area contributed by atoms with Gasteiger partial charge in [-0.25, -0.2) is 0 Å². The lowest BCUT2D eigenvalue weighted by atomic mass is 9.84. The van der Waals surface area contributed by atoms with Crippen LogP contribution in [0.3, 0.4) is 0 Å². The fourth-order valence-electron chi connectivity index (χ4n) is 1.61. The summed E-state index contributed by atoms with van der Waals surface area (Å²) in [6.45, 7) is 10.2. The quantitative estimate of drug-likeness (QED) is 0.814. The molecule has 0 aromatic heterocycles. The Hall–Kier alpha value is -1.15. The van der Waals surface area contributed by atoms with Crippen molar-refractivity contribution in [3.8, 4) is 0 Å². The number of rotatable bonds is 3. The van der Waals surface area contributed by atoms with Crippen LogP contribution in [-0.4, -0.2) is 11.3 Å². The van der Waals surface area contributed by atoms with Gasteiger partial charge in [0.15, 0.2) is 5.78 Å². The van der Waals surface area contributed by atoms with Crippen LogP contribution in [0.2, 0.25) is 0 Å². The molecule has 0 aliphatic rings. The minimum atomic E-state index is -0.761. The van der Waals surface area contributed by atoms with E-state index in [0.29, 0.717) is 12.0 Å². The molecule has 0 amide bonds. The van der Waals surface area contributed by atoms with E-state index in [-0.39, 0.29) is 11.2 Å². The SMILES string of the molecule is CCC(C)(N)C(=O)c1ccc(C(C)(C)C)cc1. The van der Waals surface area contributed by atoms with E-state index in [0.717, 1.165) is 0 Å². The Kier molecular flexibility index (Phi) is 3.78. The van der Waals surface area contributed by atoms with Gasteiger partial charge < -0.3 is 5.73 Å². The van der Waals surface area contributed by atoms with Crippen LogP contribution < -0.4 is 5.73 Å². The van der Waals surface area contributed by atoms with Gasteiger partial charge in [0.05, 0.1) is 5.54 Å². The van der Waals surface area contributed by atoms with E-state index in [1.807, 2.05) is 31.2 Å². The number of carbonyl (C=O) groups excluding carboxylic acids is 1. The molecule has 1 aromatic rings. The molecule has 0 saturated heterocycles. The molecule has 0 aliphatic carbocycles. The summed E-state index contributed by atoms with van der Waals surface area (Å²) in [5.41, 5.74) is 7.24. The Morgan fingerprint density at radius 3 is 1.94 bits per heavy atom. The molecule has 0 bridgehead atoms. The Labute approximate surface area is 104 Å². The van der Waals surface area contributed by atoms with E-state index in [9.17, 15) is 4.79 Å². The fraction of sp³-hybridized carbons (Fsp3) is 0.533. The molecule has 1 atom stereocenters. The zero-order valence-electron chi connectivity index (χ0n) is 11.5. The van der Waals surface area contributed by atoms with E-state index < -0.39 is 5.54 Å². The zero-order chi connectivity index (χ0) is 13.3. The normalized spacial score (nSPS) is 15.4. The Balaban J connectivity index is 3.00. The van der Waals surface area contributed by atoms with Crippen molar-refractivity contribution in [2.75, 3.05) is 0 Å². The molecular formula is C15H23NO. The van der Waals surface area contributed by atoms with E-state index in [2.05, 4.69) is 20.8 Å². The van der Waals surface area contributed by atoms with Crippen LogP contribution in [0, 0.1) is 0 Å². The Morgan fingerprint density at radius 1 is 1.12 bits per heavy atom. The predicted molar refractivity (Wildman–Crippen MR) is 72.4 cm³/mol. The van der Waals surface area contributed by atoms with E-state index >= 15 is 0 Å². The summed E-state index contributed by atoms with van der Waals surface area (Å²) in [5.74, 6) is 0.0143. The van der Waals surface area contributed by atoms with Gasteiger partial charge in [0, 0.05) is 5.56 Å². The average molecular weight is 233 g/mol. The van der Waals surface area contributed by atoms with Crippen molar-refractivity contribution >= 4 is 5.78 Å². The monoisotopic (exact) mass is 233 g/mol. The van der Waals surface area contributed by atoms with E-state index in [1.54, 1.807) is 6.92 Å². The topological polar surface area (TPSA) is 43.1 Å². The van der Waals surface area contributed by atoms with Crippen LogP contribution in [0.1, 0.15) is 57.0 Å². The standard InChI is InChI=1S/C15H23NO/c1-6-15(5,16)13(17)11-7-9-12(10-8-11)14(2,3)4/h7-10H,6,16H2,1-5H3. The smallest absolute Gasteiger partial charge is 0.182 e. The predicted octanol–water partition coefficient (Wildman–Crippen LogP) is 3.29. The third-order valence-corrected chi connectivity index (χ3v) is 3.27. The first-order chi connectivity index (χ1) is 7.68. The maximum Gasteiger partial charge on any atom is 0.182 e. The summed E-state index contributed by atoms with van der Waals surface area (Å²) < 4.78 is 0. The molecule has 0 saturated carbocycles. The molecule has 1 aromatic carbocycles. The molecule has 0 heterocycles. The van der Waals surface area contributed by atoms with Crippen molar-refractivity contribution < 1.29 is 4.79 Å². The summed E-state index contributed by atoms with van der Waals surface area (Å²) in [7, 11) is 0. The summed E-state index contributed by atoms with van der Waals surface area (Å²) in [4.78, 5) is 12.1. The number of carbonyl (C=O) groups is 1. The van der Waals surface area contributed by atoms with E-state index in [1.165, 1.54) is 5.56 Å². The van der Waals surface area contributed by atoms with Gasteiger partial charge in [0.2, 0.25) is 0 Å². The highest BCUT2D eigenvalue weighted by Crippen LogP contribution is 2.23. The molecular weight excluding hydrogens is 210 g/mol. The minimum absolute atomic E-state index is 0.0143. The van der Waals surface area contributed by atoms with Gasteiger partial charge in [-0.3, -0.25) is 4.79 Å². The van der Waals surface area contributed by atoms with Crippen molar-refractivity contribution in [2.45, 2.75) is 52.0 Å². The van der Waals surface area contributed by atoms with Crippen LogP contribution in [0.4, 0.5) is 0 Å². The Morgan fingerprint density at radius 2 is 1.59 bits per heavy atom. The van der Waals surface area contributed by atoms with Gasteiger partial charge >= 0.3 is 0 Å². The molecule has 17 heavy (non-hydrogen) atoms. The molecule has 2 heteroatoms. The van der Waals surface area contributed by atoms with Gasteiger partial charge in [0.1, 0.15) is 0 Å². The number of nitrogens with two attached hydrogens (primary N) is 1. The first kappa shape index (κ1) is 13.9. The van der Waals surface area contributed by atoms with Gasteiger partial charge in [-0.1, -0.05) is 52.0 Å². The molecule has 0 radical (unpaired) electrons. The lowest BCUT2D eigenvalue weighted by Gasteiger charge is -2.22. The van der Waals surface area contributed by atoms with Gasteiger partial charge in [-0.15, -0.1) is 0 Å². The van der Waals surface area contributed by atoms with Crippen LogP contribution in [0.25, 0.3) is 0 Å². The molecule has 2 nitrogen and oxygen atoms in total. The lowest BCUT2D eigenvalue weighted by Crippen LogP contribution is -2.44. The van der Waals surface area contributed by atoms with Crippen molar-refractivity contribution in [2.24, 2.45) is 5.73 Å². The van der Waals surface area contributed by atoms with Crippen LogP contribution >= 0.6 is 0 Å². The summed E-state index contributed by atoms with van der Waals surface area (Å²) in [6.07, 6.45) is 0.646. The summed E-state index contributed by atoms with van der Waals surface area (Å²) >= 11 is 0. The molecule has 2 N–H and O–H groups in total. The molecule has 94 valence electrons. The van der Waals surface area contributed by atoms with Crippen molar-refractivity contribution in [3.05, 3.63) is 35.4 Å². The zero-order valence-corrected chi connectivity index (χ0v) is 11.5. The third-order valence-electron chi connectivity index (χ3n) is 3.27. The number of Topliss-reactive ketones (excluding diaryl/α,β-unsaturated/α-hetero) is 1. The first-order valence-corrected chi connectivity index (χ1v) is 6.12. The average Bonchev–Trinajstić information content (AvgIpc) is 2.27. The summed E-state index contributed by atoms with van der Waals surface area (Å²) in [5, 5.41) is 0. The van der Waals surface area contributed by atoms with Crippen LogP contribution in [-0.2, 0) is 5.41 Å². The summed E-state index contributed by atoms with van der Waals surface area (Å²) in [6, 6.07) is 7.78. The second-order valence-corrected chi connectivity index (χ2v) is 5.93. The fourth-order valence-corrected chi connectivity index (χ4v) is 1.61.